The van der Waals surface area contributed by atoms with Gasteiger partial charge in [0.25, 0.3) is 0 Å². The fourth-order valence-corrected chi connectivity index (χ4v) is 1.49. The number of carboxylic acid groups (broad SMARTS) is 1. The molecule has 0 unspecified atom stereocenters. The van der Waals surface area contributed by atoms with Crippen LogP contribution in [0.25, 0.3) is 0 Å². The second-order valence-corrected chi connectivity index (χ2v) is 5.30. The maximum absolute atomic E-state index is 11.6. The van der Waals surface area contributed by atoms with Gasteiger partial charge in [-0.2, -0.15) is 0 Å². The number of rotatable bonds is 5. The van der Waals surface area contributed by atoms with E-state index in [0.29, 0.717) is 0 Å². The van der Waals surface area contributed by atoms with Crippen molar-refractivity contribution in [1.29, 1.82) is 0 Å². The summed E-state index contributed by atoms with van der Waals surface area (Å²) in [5.74, 6) is -1.67. The summed E-state index contributed by atoms with van der Waals surface area (Å²) in [4.78, 5) is 36.1. The second kappa shape index (κ2) is 6.16. The van der Waals surface area contributed by atoms with Crippen LogP contribution < -0.4 is 10.6 Å². The van der Waals surface area contributed by atoms with Crippen molar-refractivity contribution in [3.63, 3.8) is 0 Å². The van der Waals surface area contributed by atoms with Crippen LogP contribution in [0.3, 0.4) is 0 Å². The molecule has 0 aliphatic heterocycles. The van der Waals surface area contributed by atoms with Crippen molar-refractivity contribution in [2.24, 2.45) is 0 Å². The van der Waals surface area contributed by atoms with Crippen molar-refractivity contribution < 1.29 is 19.6 Å². The predicted octanol–water partition coefficient (Wildman–Crippen LogP) is 1.01. The molecule has 0 radical (unpaired) electrons. The van der Waals surface area contributed by atoms with Gasteiger partial charge in [0.15, 0.2) is 0 Å². The van der Waals surface area contributed by atoms with Crippen molar-refractivity contribution in [2.75, 3.05) is 11.9 Å². The summed E-state index contributed by atoms with van der Waals surface area (Å²) >= 11 is 0. The number of pyridine rings is 1. The smallest absolute Gasteiger partial charge is 0.342 e. The van der Waals surface area contributed by atoms with Gasteiger partial charge in [-0.15, -0.1) is 0 Å². The molecule has 1 aromatic rings. The van der Waals surface area contributed by atoms with E-state index in [1.165, 1.54) is 0 Å². The van der Waals surface area contributed by atoms with E-state index < -0.39 is 27.7 Å². The van der Waals surface area contributed by atoms with Crippen LogP contribution in [0.5, 0.6) is 0 Å². The van der Waals surface area contributed by atoms with E-state index in [4.69, 9.17) is 5.11 Å². The van der Waals surface area contributed by atoms with Crippen LogP contribution in [0.4, 0.5) is 11.5 Å². The lowest BCUT2D eigenvalue weighted by molar-refractivity contribution is -0.385. The van der Waals surface area contributed by atoms with Gasteiger partial charge in [0.2, 0.25) is 5.91 Å². The Kier molecular flexibility index (Phi) is 4.79. The normalized spacial score (nSPS) is 10.8. The maximum Gasteiger partial charge on any atom is 0.342 e. The maximum atomic E-state index is 11.6. The summed E-state index contributed by atoms with van der Waals surface area (Å²) < 4.78 is 0. The van der Waals surface area contributed by atoms with Gasteiger partial charge in [-0.1, -0.05) is 0 Å². The second-order valence-electron chi connectivity index (χ2n) is 5.30. The molecule has 3 N–H and O–H groups in total. The van der Waals surface area contributed by atoms with Crippen molar-refractivity contribution in [3.8, 4) is 0 Å². The Balaban J connectivity index is 2.82. The van der Waals surface area contributed by atoms with E-state index in [1.54, 1.807) is 0 Å². The summed E-state index contributed by atoms with van der Waals surface area (Å²) in [6.45, 7) is 5.33. The number of aromatic carboxylic acids is 1. The van der Waals surface area contributed by atoms with Gasteiger partial charge >= 0.3 is 11.7 Å². The van der Waals surface area contributed by atoms with Crippen LogP contribution in [0, 0.1) is 10.1 Å². The van der Waals surface area contributed by atoms with Gasteiger partial charge in [0, 0.05) is 11.6 Å². The van der Waals surface area contributed by atoms with E-state index in [2.05, 4.69) is 15.6 Å². The van der Waals surface area contributed by atoms with Crippen molar-refractivity contribution in [3.05, 3.63) is 27.9 Å². The lowest BCUT2D eigenvalue weighted by atomic mass is 10.1. The van der Waals surface area contributed by atoms with Crippen molar-refractivity contribution in [2.45, 2.75) is 26.3 Å². The number of nitro groups is 1. The van der Waals surface area contributed by atoms with Crippen LogP contribution in [-0.2, 0) is 4.79 Å². The molecule has 0 aliphatic carbocycles. The molecule has 0 aromatic carbocycles. The summed E-state index contributed by atoms with van der Waals surface area (Å²) in [5.41, 5.74) is -1.49. The average Bonchev–Trinajstić information content (AvgIpc) is 2.33. The Morgan fingerprint density at radius 1 is 1.43 bits per heavy atom. The van der Waals surface area contributed by atoms with Crippen LogP contribution in [-0.4, -0.2) is 39.0 Å². The first-order valence-electron chi connectivity index (χ1n) is 6.03. The highest BCUT2D eigenvalue weighted by Gasteiger charge is 2.21. The largest absolute Gasteiger partial charge is 0.477 e. The Hall–Kier alpha value is -2.71. The lowest BCUT2D eigenvalue weighted by Gasteiger charge is -2.20. The van der Waals surface area contributed by atoms with Gasteiger partial charge in [-0.3, -0.25) is 14.9 Å². The zero-order chi connectivity index (χ0) is 16.2. The third-order valence-corrected chi connectivity index (χ3v) is 2.25. The minimum absolute atomic E-state index is 0.0714. The first kappa shape index (κ1) is 16.3. The minimum atomic E-state index is -1.44. The first-order chi connectivity index (χ1) is 9.60. The molecule has 1 rings (SSSR count). The Bertz CT molecular complexity index is 580. The monoisotopic (exact) mass is 296 g/mol. The number of amides is 1. The Morgan fingerprint density at radius 2 is 2.05 bits per heavy atom. The van der Waals surface area contributed by atoms with E-state index in [0.717, 1.165) is 12.3 Å². The van der Waals surface area contributed by atoms with Crippen LogP contribution >= 0.6 is 0 Å². The van der Waals surface area contributed by atoms with E-state index in [9.17, 15) is 19.7 Å². The molecule has 9 heteroatoms. The third-order valence-electron chi connectivity index (χ3n) is 2.25. The highest BCUT2D eigenvalue weighted by molar-refractivity contribution is 5.93. The molecule has 0 spiro atoms. The third kappa shape index (κ3) is 5.05. The quantitative estimate of drug-likeness (QED) is 0.545. The number of carbonyl (C=O) groups is 2. The molecule has 0 saturated carbocycles. The van der Waals surface area contributed by atoms with Crippen LogP contribution in [0.15, 0.2) is 12.3 Å². The highest BCUT2D eigenvalue weighted by Crippen LogP contribution is 2.20. The summed E-state index contributed by atoms with van der Waals surface area (Å²) in [7, 11) is 0. The average molecular weight is 296 g/mol. The zero-order valence-electron chi connectivity index (χ0n) is 11.8. The first-order valence-corrected chi connectivity index (χ1v) is 6.03. The summed E-state index contributed by atoms with van der Waals surface area (Å²) in [5, 5.41) is 24.9. The number of hydrogen-bond acceptors (Lipinski definition) is 6. The molecule has 0 atom stereocenters. The molecule has 21 heavy (non-hydrogen) atoms. The van der Waals surface area contributed by atoms with E-state index in [1.807, 2.05) is 20.8 Å². The molecule has 9 nitrogen and oxygen atoms in total. The lowest BCUT2D eigenvalue weighted by Crippen LogP contribution is -2.43. The molecule has 0 bridgehead atoms. The number of hydrogen-bond donors (Lipinski definition) is 3. The van der Waals surface area contributed by atoms with Crippen molar-refractivity contribution in [1.82, 2.24) is 10.3 Å². The molecular weight excluding hydrogens is 280 g/mol. The molecule has 114 valence electrons. The highest BCUT2D eigenvalue weighted by atomic mass is 16.6. The van der Waals surface area contributed by atoms with Crippen LogP contribution in [0.2, 0.25) is 0 Å². The predicted molar refractivity (Wildman–Crippen MR) is 74.2 cm³/mol. The SMILES string of the molecule is CC(C)(C)NC(=O)CNc1cc(C(=O)O)c([N+](=O)[O-])cn1. The fourth-order valence-electron chi connectivity index (χ4n) is 1.49. The van der Waals surface area contributed by atoms with E-state index in [-0.39, 0.29) is 18.3 Å². The molecule has 0 aliphatic rings. The van der Waals surface area contributed by atoms with Gasteiger partial charge in [0.1, 0.15) is 17.6 Å². The Morgan fingerprint density at radius 3 is 2.52 bits per heavy atom. The molecule has 1 amide bonds. The number of carboxylic acids is 1. The fraction of sp³-hybridized carbons (Fsp3) is 0.417. The van der Waals surface area contributed by atoms with Gasteiger partial charge in [-0.25, -0.2) is 9.78 Å². The van der Waals surface area contributed by atoms with Gasteiger partial charge in [0.05, 0.1) is 11.5 Å². The summed E-state index contributed by atoms with van der Waals surface area (Å²) in [6, 6.07) is 1.02. The van der Waals surface area contributed by atoms with Crippen molar-refractivity contribution >= 4 is 23.4 Å². The summed E-state index contributed by atoms with van der Waals surface area (Å²) in [6.07, 6.45) is 0.841. The standard InChI is InChI=1S/C12H16N4O5/c1-12(2,3)15-10(17)6-14-9-4-7(11(18)19)8(5-13-9)16(20)21/h4-5H,6H2,1-3H3,(H,13,14)(H,15,17)(H,18,19). The topological polar surface area (TPSA) is 134 Å². The van der Waals surface area contributed by atoms with Gasteiger partial charge < -0.3 is 15.7 Å². The number of nitrogens with one attached hydrogen (secondary N) is 2. The molecule has 0 saturated heterocycles. The molecule has 1 heterocycles. The number of carbonyl (C=O) groups excluding carboxylic acids is 1. The van der Waals surface area contributed by atoms with E-state index >= 15 is 0 Å². The van der Waals surface area contributed by atoms with Crippen LogP contribution in [0.1, 0.15) is 31.1 Å². The molecule has 1 aromatic heterocycles. The zero-order valence-corrected chi connectivity index (χ0v) is 11.8. The molecule has 0 fully saturated rings. The number of nitrogens with zero attached hydrogens (tertiary/aromatic N) is 2. The van der Waals surface area contributed by atoms with Gasteiger partial charge in [-0.05, 0) is 20.8 Å². The molecular formula is C12H16N4O5. The Labute approximate surface area is 120 Å². The minimum Gasteiger partial charge on any atom is -0.477 e. The number of aromatic nitrogens is 1. The number of anilines is 1.